The van der Waals surface area contributed by atoms with E-state index in [-0.39, 0.29) is 0 Å². The number of para-hydroxylation sites is 6. The summed E-state index contributed by atoms with van der Waals surface area (Å²) in [6.45, 7) is 4.41. The first-order chi connectivity index (χ1) is 40.5. The maximum atomic E-state index is 6.87. The predicted molar refractivity (Wildman–Crippen MR) is 344 cm³/mol. The molecule has 0 spiro atoms. The highest BCUT2D eigenvalue weighted by Gasteiger charge is 2.26. The lowest BCUT2D eigenvalue weighted by atomic mass is 10.00. The molecular weight excluding hydrogens is 1000 g/mol. The van der Waals surface area contributed by atoms with Gasteiger partial charge in [0.2, 0.25) is 0 Å². The largest absolute Gasteiger partial charge is 0.456 e. The van der Waals surface area contributed by atoms with Crippen LogP contribution >= 0.6 is 0 Å². The third kappa shape index (κ3) is 5.86. The Bertz CT molecular complexity index is 5420. The standard InChI is InChI=1S/C76H46N4O2/c1-43-15-3-9-21-63(43)77(51-39-57-53-17-5-11-23-65(53)79-66-24-12-6-18-54(66)58(40-51)75(57)79)49-29-27-45-35-61-71(37-47(45)33-49)81-69-31-32-70-74(73(61)69)62-36-46-28-30-50(34-48(46)38-72(62)82-70)78(64-22-10-4-16-44(64)2)52-41-59-55-19-7-13-25-67(55)80-68-26-14-8-20-56(68)60(42-52)76(59)80/h3-42H,1-2H3. The van der Waals surface area contributed by atoms with Gasteiger partial charge in [0.15, 0.2) is 0 Å². The van der Waals surface area contributed by atoms with E-state index in [1.54, 1.807) is 0 Å². The van der Waals surface area contributed by atoms with E-state index in [9.17, 15) is 0 Å². The van der Waals surface area contributed by atoms with Crippen molar-refractivity contribution in [3.8, 4) is 0 Å². The third-order valence-corrected chi connectivity index (χ3v) is 18.1. The van der Waals surface area contributed by atoms with Gasteiger partial charge in [-0.25, -0.2) is 0 Å². The van der Waals surface area contributed by atoms with Gasteiger partial charge in [-0.2, -0.15) is 0 Å². The van der Waals surface area contributed by atoms with Crippen LogP contribution in [-0.2, 0) is 0 Å². The van der Waals surface area contributed by atoms with E-state index in [0.29, 0.717) is 0 Å². The minimum atomic E-state index is 0.837. The van der Waals surface area contributed by atoms with Crippen LogP contribution < -0.4 is 9.80 Å². The van der Waals surface area contributed by atoms with Gasteiger partial charge in [-0.1, -0.05) is 121 Å². The fourth-order valence-electron chi connectivity index (χ4n) is 14.5. The first-order valence-electron chi connectivity index (χ1n) is 28.2. The number of aromatic nitrogens is 2. The Morgan fingerprint density at radius 2 is 0.622 bits per heavy atom. The van der Waals surface area contributed by atoms with Crippen LogP contribution in [0.1, 0.15) is 11.1 Å². The molecule has 0 bridgehead atoms. The molecule has 0 amide bonds. The molecule has 0 radical (unpaired) electrons. The summed E-state index contributed by atoms with van der Waals surface area (Å²) in [5, 5.41) is 18.8. The Labute approximate surface area is 468 Å². The fraction of sp³-hybridized carbons (Fsp3) is 0.0263. The number of hydrogen-bond donors (Lipinski definition) is 0. The van der Waals surface area contributed by atoms with E-state index in [1.165, 1.54) is 87.3 Å². The van der Waals surface area contributed by atoms with Crippen LogP contribution in [0.25, 0.3) is 142 Å². The van der Waals surface area contributed by atoms with Gasteiger partial charge >= 0.3 is 0 Å². The number of anilines is 6. The quantitative estimate of drug-likeness (QED) is 0.166. The third-order valence-electron chi connectivity index (χ3n) is 18.1. The maximum absolute atomic E-state index is 6.87. The zero-order valence-corrected chi connectivity index (χ0v) is 44.7. The van der Waals surface area contributed by atoms with Gasteiger partial charge in [0.1, 0.15) is 22.3 Å². The molecule has 0 atom stereocenters. The van der Waals surface area contributed by atoms with Crippen molar-refractivity contribution in [2.24, 2.45) is 0 Å². The van der Waals surface area contributed by atoms with Crippen molar-refractivity contribution < 1.29 is 8.83 Å². The number of furan rings is 2. The number of benzene rings is 13. The second-order valence-corrected chi connectivity index (χ2v) is 22.5. The van der Waals surface area contributed by atoms with Gasteiger partial charge in [-0.3, -0.25) is 0 Å². The Hall–Kier alpha value is -10.8. The van der Waals surface area contributed by atoms with E-state index in [2.05, 4.69) is 275 Å². The fourth-order valence-corrected chi connectivity index (χ4v) is 14.5. The summed E-state index contributed by atoms with van der Waals surface area (Å²) in [6.07, 6.45) is 0. The van der Waals surface area contributed by atoms with Gasteiger partial charge < -0.3 is 27.4 Å². The summed E-state index contributed by atoms with van der Waals surface area (Å²) in [7, 11) is 0. The first-order valence-corrected chi connectivity index (χ1v) is 28.2. The molecule has 0 N–H and O–H groups in total. The molecule has 0 aliphatic heterocycles. The summed E-state index contributed by atoms with van der Waals surface area (Å²) in [5.74, 6) is 0. The van der Waals surface area contributed by atoms with E-state index in [0.717, 1.165) is 99.5 Å². The van der Waals surface area contributed by atoms with Crippen LogP contribution in [-0.4, -0.2) is 8.80 Å². The van der Waals surface area contributed by atoms with Crippen LogP contribution in [0.5, 0.6) is 0 Å². The monoisotopic (exact) mass is 1050 g/mol. The van der Waals surface area contributed by atoms with E-state index >= 15 is 0 Å². The van der Waals surface area contributed by atoms with Gasteiger partial charge in [0.05, 0.1) is 33.1 Å². The number of rotatable bonds is 6. The first kappa shape index (κ1) is 44.1. The Balaban J connectivity index is 0.759. The number of hydrogen-bond acceptors (Lipinski definition) is 4. The normalized spacial score (nSPS) is 12.5. The molecule has 19 aromatic rings. The van der Waals surface area contributed by atoms with Crippen LogP contribution in [0.4, 0.5) is 34.1 Å². The summed E-state index contributed by atoms with van der Waals surface area (Å²) in [6, 6.07) is 89.2. The second kappa shape index (κ2) is 15.9. The second-order valence-electron chi connectivity index (χ2n) is 22.5. The molecule has 382 valence electrons. The van der Waals surface area contributed by atoms with Crippen molar-refractivity contribution in [3.05, 3.63) is 254 Å². The molecule has 6 heterocycles. The highest BCUT2D eigenvalue weighted by Crippen LogP contribution is 2.49. The van der Waals surface area contributed by atoms with Crippen molar-refractivity contribution >= 4 is 176 Å². The average Bonchev–Trinajstić information content (AvgIpc) is 2.48. The highest BCUT2D eigenvalue weighted by molar-refractivity contribution is 6.29. The molecule has 0 saturated carbocycles. The van der Waals surface area contributed by atoms with Crippen molar-refractivity contribution in [3.63, 3.8) is 0 Å². The van der Waals surface area contributed by atoms with Crippen LogP contribution in [0.2, 0.25) is 0 Å². The number of aryl methyl sites for hydroxylation is 2. The Kier molecular flexibility index (Phi) is 8.57. The molecule has 6 aromatic heterocycles. The van der Waals surface area contributed by atoms with Gasteiger partial charge in [0.25, 0.3) is 0 Å². The predicted octanol–water partition coefficient (Wildman–Crippen LogP) is 21.6. The maximum Gasteiger partial charge on any atom is 0.136 e. The molecule has 82 heavy (non-hydrogen) atoms. The Morgan fingerprint density at radius 3 is 1.00 bits per heavy atom. The topological polar surface area (TPSA) is 41.6 Å². The van der Waals surface area contributed by atoms with Crippen molar-refractivity contribution in [1.82, 2.24) is 8.80 Å². The van der Waals surface area contributed by atoms with Gasteiger partial charge in [0, 0.05) is 98.8 Å². The molecular formula is C76H46N4O2. The summed E-state index contributed by atoms with van der Waals surface area (Å²) in [4.78, 5) is 4.87. The zero-order chi connectivity index (χ0) is 53.6. The van der Waals surface area contributed by atoms with Gasteiger partial charge in [-0.05, 0) is 168 Å². The molecule has 0 fully saturated rings. The molecule has 0 aliphatic carbocycles. The van der Waals surface area contributed by atoms with Crippen molar-refractivity contribution in [2.75, 3.05) is 9.80 Å². The summed E-state index contributed by atoms with van der Waals surface area (Å²) in [5.41, 5.74) is 19.8. The molecule has 13 aromatic carbocycles. The zero-order valence-electron chi connectivity index (χ0n) is 44.7. The molecule has 0 unspecified atom stereocenters. The Morgan fingerprint density at radius 1 is 0.268 bits per heavy atom. The average molecular weight is 1050 g/mol. The smallest absolute Gasteiger partial charge is 0.136 e. The van der Waals surface area contributed by atoms with E-state index < -0.39 is 0 Å². The molecule has 19 rings (SSSR count). The molecule has 6 nitrogen and oxygen atoms in total. The van der Waals surface area contributed by atoms with Gasteiger partial charge in [-0.15, -0.1) is 0 Å². The highest BCUT2D eigenvalue weighted by atomic mass is 16.3. The minimum Gasteiger partial charge on any atom is -0.456 e. The van der Waals surface area contributed by atoms with Crippen molar-refractivity contribution in [1.29, 1.82) is 0 Å². The van der Waals surface area contributed by atoms with Crippen molar-refractivity contribution in [2.45, 2.75) is 13.8 Å². The van der Waals surface area contributed by atoms with Crippen LogP contribution in [0, 0.1) is 13.8 Å². The minimum absolute atomic E-state index is 0.837. The number of fused-ring (bicyclic) bond motifs is 21. The SMILES string of the molecule is Cc1ccccc1N(c1ccc2cc3c(cc2c1)oc1ccc2oc4cc5cc(N(c6cc7c8ccccc8n8c9ccccc9c(c6)c78)c6ccccc6C)ccc5cc4c2c13)c1cc2c3ccccc3n3c4ccccc4c(c1)c23. The van der Waals surface area contributed by atoms with E-state index in [1.807, 2.05) is 0 Å². The van der Waals surface area contributed by atoms with E-state index in [4.69, 9.17) is 8.83 Å². The summed E-state index contributed by atoms with van der Waals surface area (Å²) < 4.78 is 18.6. The summed E-state index contributed by atoms with van der Waals surface area (Å²) >= 11 is 0. The lowest BCUT2D eigenvalue weighted by molar-refractivity contribution is 0.663. The molecule has 6 heteroatoms. The van der Waals surface area contributed by atoms with Crippen LogP contribution in [0.15, 0.2) is 251 Å². The molecule has 0 saturated heterocycles. The molecule has 0 aliphatic rings. The lowest BCUT2D eigenvalue weighted by Gasteiger charge is -2.27. The lowest BCUT2D eigenvalue weighted by Crippen LogP contribution is -2.11. The van der Waals surface area contributed by atoms with Crippen LogP contribution in [0.3, 0.4) is 0 Å². The number of nitrogens with zero attached hydrogens (tertiary/aromatic N) is 4.